The van der Waals surface area contributed by atoms with Gasteiger partial charge in [-0.05, 0) is 24.0 Å². The number of carbonyl (C=O) groups excluding carboxylic acids is 1. The summed E-state index contributed by atoms with van der Waals surface area (Å²) in [5, 5.41) is 0. The lowest BCUT2D eigenvalue weighted by atomic mass is 10.0. The average molecular weight is 224 g/mol. The van der Waals surface area contributed by atoms with Crippen LogP contribution in [0.25, 0.3) is 0 Å². The number of hydrogen-bond donors (Lipinski definition) is 0. The van der Waals surface area contributed by atoms with Crippen molar-refractivity contribution in [2.45, 2.75) is 32.6 Å². The number of benzene rings is 1. The largest absolute Gasteiger partial charge is 0.469 e. The number of carbonyl (C=O) groups is 1. The SMILES string of the molecule is CCCCc1cccc(CC(=O)OC)c1F. The fourth-order valence-electron chi connectivity index (χ4n) is 1.56. The lowest BCUT2D eigenvalue weighted by molar-refractivity contribution is -0.139. The van der Waals surface area contributed by atoms with Crippen LogP contribution in [0.15, 0.2) is 18.2 Å². The first-order valence-electron chi connectivity index (χ1n) is 5.52. The molecule has 0 aliphatic heterocycles. The maximum absolute atomic E-state index is 13.9. The molecule has 0 amide bonds. The van der Waals surface area contributed by atoms with Crippen LogP contribution >= 0.6 is 0 Å². The lowest BCUT2D eigenvalue weighted by Crippen LogP contribution is -2.07. The monoisotopic (exact) mass is 224 g/mol. The summed E-state index contributed by atoms with van der Waals surface area (Å²) in [6.45, 7) is 2.07. The minimum absolute atomic E-state index is 0.00228. The predicted molar refractivity (Wildman–Crippen MR) is 60.7 cm³/mol. The van der Waals surface area contributed by atoms with Crippen molar-refractivity contribution in [3.8, 4) is 0 Å². The summed E-state index contributed by atoms with van der Waals surface area (Å²) in [5.41, 5.74) is 1.10. The van der Waals surface area contributed by atoms with E-state index in [-0.39, 0.29) is 12.2 Å². The summed E-state index contributed by atoms with van der Waals surface area (Å²) >= 11 is 0. The first-order chi connectivity index (χ1) is 7.69. The second kappa shape index (κ2) is 6.26. The Hall–Kier alpha value is -1.38. The summed E-state index contributed by atoms with van der Waals surface area (Å²) < 4.78 is 18.4. The maximum atomic E-state index is 13.9. The van der Waals surface area contributed by atoms with E-state index in [1.54, 1.807) is 18.2 Å². The van der Waals surface area contributed by atoms with Gasteiger partial charge in [0.1, 0.15) is 5.82 Å². The third-order valence-electron chi connectivity index (χ3n) is 2.52. The second-order valence-corrected chi connectivity index (χ2v) is 3.75. The van der Waals surface area contributed by atoms with Gasteiger partial charge < -0.3 is 4.74 Å². The van der Waals surface area contributed by atoms with Crippen LogP contribution < -0.4 is 0 Å². The molecule has 0 radical (unpaired) electrons. The Kier molecular flexibility index (Phi) is 4.96. The molecule has 0 atom stereocenters. The van der Waals surface area contributed by atoms with Gasteiger partial charge in [-0.15, -0.1) is 0 Å². The van der Waals surface area contributed by atoms with Crippen molar-refractivity contribution in [3.05, 3.63) is 35.1 Å². The van der Waals surface area contributed by atoms with Crippen LogP contribution in [0.5, 0.6) is 0 Å². The third-order valence-corrected chi connectivity index (χ3v) is 2.52. The number of aryl methyl sites for hydroxylation is 1. The number of methoxy groups -OCH3 is 1. The molecule has 2 nitrogen and oxygen atoms in total. The van der Waals surface area contributed by atoms with Gasteiger partial charge in [-0.2, -0.15) is 0 Å². The van der Waals surface area contributed by atoms with Crippen LogP contribution in [0.4, 0.5) is 4.39 Å². The zero-order chi connectivity index (χ0) is 12.0. The molecule has 0 aromatic heterocycles. The van der Waals surface area contributed by atoms with Crippen LogP contribution in [-0.2, 0) is 22.4 Å². The Morgan fingerprint density at radius 2 is 2.06 bits per heavy atom. The Morgan fingerprint density at radius 1 is 1.38 bits per heavy atom. The fraction of sp³-hybridized carbons (Fsp3) is 0.462. The molecule has 0 fully saturated rings. The molecule has 0 spiro atoms. The Morgan fingerprint density at radius 3 is 2.69 bits per heavy atom. The molecule has 16 heavy (non-hydrogen) atoms. The molecule has 88 valence electrons. The molecule has 3 heteroatoms. The molecule has 0 saturated carbocycles. The molecule has 1 rings (SSSR count). The quantitative estimate of drug-likeness (QED) is 0.719. The standard InChI is InChI=1S/C13H17FO2/c1-3-4-6-10-7-5-8-11(13(10)14)9-12(15)16-2/h5,7-8H,3-4,6,9H2,1-2H3. The summed E-state index contributed by atoms with van der Waals surface area (Å²) in [4.78, 5) is 11.1. The zero-order valence-electron chi connectivity index (χ0n) is 9.75. The van der Waals surface area contributed by atoms with Gasteiger partial charge in [0, 0.05) is 0 Å². The molecule has 1 aromatic rings. The van der Waals surface area contributed by atoms with E-state index < -0.39 is 5.97 Å². The summed E-state index contributed by atoms with van der Waals surface area (Å²) in [6.07, 6.45) is 2.71. The molecule has 0 bridgehead atoms. The number of unbranched alkanes of at least 4 members (excludes halogenated alkanes) is 1. The topological polar surface area (TPSA) is 26.3 Å². The van der Waals surface area contributed by atoms with Crippen molar-refractivity contribution < 1.29 is 13.9 Å². The molecular formula is C13H17FO2. The highest BCUT2D eigenvalue weighted by Gasteiger charge is 2.11. The van der Waals surface area contributed by atoms with Crippen molar-refractivity contribution in [1.82, 2.24) is 0 Å². The predicted octanol–water partition coefficient (Wildman–Crippen LogP) is 2.88. The minimum atomic E-state index is -0.411. The van der Waals surface area contributed by atoms with Crippen LogP contribution in [0, 0.1) is 5.82 Å². The normalized spacial score (nSPS) is 10.2. The molecule has 0 aliphatic rings. The van der Waals surface area contributed by atoms with E-state index in [1.165, 1.54) is 7.11 Å². The molecule has 0 saturated heterocycles. The van der Waals surface area contributed by atoms with Gasteiger partial charge in [0.2, 0.25) is 0 Å². The molecule has 0 N–H and O–H groups in total. The van der Waals surface area contributed by atoms with E-state index in [1.807, 2.05) is 0 Å². The maximum Gasteiger partial charge on any atom is 0.310 e. The lowest BCUT2D eigenvalue weighted by Gasteiger charge is -2.07. The average Bonchev–Trinajstić information content (AvgIpc) is 2.30. The van der Waals surface area contributed by atoms with E-state index in [4.69, 9.17) is 0 Å². The summed E-state index contributed by atoms with van der Waals surface area (Å²) in [5.74, 6) is -0.673. The number of rotatable bonds is 5. The van der Waals surface area contributed by atoms with Crippen molar-refractivity contribution >= 4 is 5.97 Å². The highest BCUT2D eigenvalue weighted by molar-refractivity contribution is 5.72. The van der Waals surface area contributed by atoms with Crippen LogP contribution in [0.2, 0.25) is 0 Å². The van der Waals surface area contributed by atoms with Gasteiger partial charge in [0.25, 0.3) is 0 Å². The van der Waals surface area contributed by atoms with Crippen LogP contribution in [-0.4, -0.2) is 13.1 Å². The Bertz CT molecular complexity index is 361. The van der Waals surface area contributed by atoms with Gasteiger partial charge in [0.05, 0.1) is 13.5 Å². The smallest absolute Gasteiger partial charge is 0.310 e. The van der Waals surface area contributed by atoms with E-state index in [9.17, 15) is 9.18 Å². The van der Waals surface area contributed by atoms with E-state index in [2.05, 4.69) is 11.7 Å². The Labute approximate surface area is 95.4 Å². The van der Waals surface area contributed by atoms with Gasteiger partial charge >= 0.3 is 5.97 Å². The number of hydrogen-bond acceptors (Lipinski definition) is 2. The van der Waals surface area contributed by atoms with Crippen molar-refractivity contribution in [2.75, 3.05) is 7.11 Å². The first kappa shape index (κ1) is 12.7. The highest BCUT2D eigenvalue weighted by Crippen LogP contribution is 2.16. The first-order valence-corrected chi connectivity index (χ1v) is 5.52. The van der Waals surface area contributed by atoms with Gasteiger partial charge in [-0.25, -0.2) is 4.39 Å². The number of halogens is 1. The zero-order valence-corrected chi connectivity index (χ0v) is 9.75. The third kappa shape index (κ3) is 3.33. The molecular weight excluding hydrogens is 207 g/mol. The summed E-state index contributed by atoms with van der Waals surface area (Å²) in [6, 6.07) is 5.18. The van der Waals surface area contributed by atoms with Crippen molar-refractivity contribution in [1.29, 1.82) is 0 Å². The van der Waals surface area contributed by atoms with Gasteiger partial charge in [-0.1, -0.05) is 31.5 Å². The number of ether oxygens (including phenoxy) is 1. The van der Waals surface area contributed by atoms with E-state index in [0.717, 1.165) is 19.3 Å². The fourth-order valence-corrected chi connectivity index (χ4v) is 1.56. The van der Waals surface area contributed by atoms with Crippen molar-refractivity contribution in [2.24, 2.45) is 0 Å². The molecule has 0 heterocycles. The van der Waals surface area contributed by atoms with E-state index in [0.29, 0.717) is 11.1 Å². The minimum Gasteiger partial charge on any atom is -0.469 e. The van der Waals surface area contributed by atoms with Crippen LogP contribution in [0.1, 0.15) is 30.9 Å². The molecule has 0 unspecified atom stereocenters. The van der Waals surface area contributed by atoms with Gasteiger partial charge in [0.15, 0.2) is 0 Å². The summed E-state index contributed by atoms with van der Waals surface area (Å²) in [7, 11) is 1.31. The van der Waals surface area contributed by atoms with Crippen LogP contribution in [0.3, 0.4) is 0 Å². The highest BCUT2D eigenvalue weighted by atomic mass is 19.1. The number of esters is 1. The second-order valence-electron chi connectivity index (χ2n) is 3.75. The van der Waals surface area contributed by atoms with Gasteiger partial charge in [-0.3, -0.25) is 4.79 Å². The Balaban J connectivity index is 2.81. The molecule has 1 aromatic carbocycles. The molecule has 0 aliphatic carbocycles. The van der Waals surface area contributed by atoms with Crippen molar-refractivity contribution in [3.63, 3.8) is 0 Å². The van der Waals surface area contributed by atoms with E-state index >= 15 is 0 Å².